The molecule has 118 valence electrons. The van der Waals surface area contributed by atoms with Crippen molar-refractivity contribution in [2.45, 2.75) is 21.6 Å². The number of carbonyl (C=O) groups is 1. The molecule has 1 heterocycles. The molecule has 3 nitrogen and oxygen atoms in total. The summed E-state index contributed by atoms with van der Waals surface area (Å²) in [6.45, 7) is 1.98. The monoisotopic (exact) mass is 335 g/mol. The molecule has 0 saturated heterocycles. The van der Waals surface area contributed by atoms with Crippen LogP contribution in [0, 0.1) is 6.92 Å². The Morgan fingerprint density at radius 1 is 0.875 bits per heavy atom. The number of aryl methyl sites for hydroxylation is 1. The second kappa shape index (κ2) is 5.73. The van der Waals surface area contributed by atoms with Crippen molar-refractivity contribution in [3.05, 3.63) is 77.9 Å². The molecule has 4 heteroatoms. The minimum atomic E-state index is -0.904. The van der Waals surface area contributed by atoms with Crippen LogP contribution in [0.15, 0.2) is 81.4 Å². The summed E-state index contributed by atoms with van der Waals surface area (Å²) in [5.74, 6) is 0.675. The molecule has 0 aromatic heterocycles. The van der Waals surface area contributed by atoms with Gasteiger partial charge in [0, 0.05) is 0 Å². The summed E-state index contributed by atoms with van der Waals surface area (Å²) in [4.78, 5) is 14.6. The summed E-state index contributed by atoms with van der Waals surface area (Å²) in [5.41, 5.74) is 1.39. The molecule has 0 atom stereocenters. The fourth-order valence-corrected chi connectivity index (χ4v) is 5.30. The number of carboxylic acids is 1. The maximum atomic E-state index is 11.8. The second-order valence-corrected chi connectivity index (χ2v) is 7.54. The van der Waals surface area contributed by atoms with E-state index in [2.05, 4.69) is 0 Å². The molecule has 4 rings (SSSR count). The molecule has 0 saturated carbocycles. The van der Waals surface area contributed by atoms with Crippen LogP contribution in [0.2, 0.25) is 0 Å². The summed E-state index contributed by atoms with van der Waals surface area (Å²) >= 11 is 0. The van der Waals surface area contributed by atoms with Crippen LogP contribution in [0.4, 0.5) is 0 Å². The van der Waals surface area contributed by atoms with Crippen LogP contribution in [-0.2, 0) is 10.9 Å². The first-order valence-corrected chi connectivity index (χ1v) is 8.82. The van der Waals surface area contributed by atoms with E-state index in [0.717, 1.165) is 31.7 Å². The molecule has 0 fully saturated rings. The van der Waals surface area contributed by atoms with E-state index >= 15 is 0 Å². The van der Waals surface area contributed by atoms with E-state index in [1.165, 1.54) is 0 Å². The Kier molecular flexibility index (Phi) is 3.54. The molecule has 0 spiro atoms. The Labute approximate surface area is 142 Å². The van der Waals surface area contributed by atoms with E-state index in [1.807, 2.05) is 67.6 Å². The zero-order valence-electron chi connectivity index (χ0n) is 13.0. The van der Waals surface area contributed by atoms with Gasteiger partial charge in [-0.2, -0.15) is 0 Å². The van der Waals surface area contributed by atoms with Crippen molar-refractivity contribution in [3.63, 3.8) is 0 Å². The third-order valence-electron chi connectivity index (χ3n) is 3.95. The van der Waals surface area contributed by atoms with E-state index in [0.29, 0.717) is 5.56 Å². The molecule has 0 radical (unpaired) electrons. The predicted molar refractivity (Wildman–Crippen MR) is 93.3 cm³/mol. The highest BCUT2D eigenvalue weighted by Gasteiger charge is 2.41. The van der Waals surface area contributed by atoms with Crippen molar-refractivity contribution in [2.75, 3.05) is 0 Å². The lowest BCUT2D eigenvalue weighted by atomic mass is 10.1. The van der Waals surface area contributed by atoms with Crippen molar-refractivity contribution in [1.82, 2.24) is 0 Å². The minimum absolute atomic E-state index is 0.343. The Morgan fingerprint density at radius 2 is 1.46 bits per heavy atom. The van der Waals surface area contributed by atoms with E-state index < -0.39 is 16.9 Å². The third-order valence-corrected chi connectivity index (χ3v) is 6.28. The second-order valence-electron chi connectivity index (χ2n) is 5.61. The normalized spacial score (nSPS) is 12.9. The summed E-state index contributed by atoms with van der Waals surface area (Å²) in [7, 11) is -0.506. The minimum Gasteiger partial charge on any atom is -0.478 e. The van der Waals surface area contributed by atoms with Gasteiger partial charge in [0.2, 0.25) is 9.79 Å². The molecule has 0 aliphatic carbocycles. The fourth-order valence-electron chi connectivity index (χ4n) is 2.86. The first-order chi connectivity index (χ1) is 11.6. The Hall–Kier alpha value is -2.72. The number of rotatable bonds is 2. The van der Waals surface area contributed by atoms with Gasteiger partial charge in [0.1, 0.15) is 16.5 Å². The van der Waals surface area contributed by atoms with Gasteiger partial charge < -0.3 is 9.84 Å². The summed E-state index contributed by atoms with van der Waals surface area (Å²) in [6.07, 6.45) is 0. The van der Waals surface area contributed by atoms with Gasteiger partial charge in [0.25, 0.3) is 0 Å². The maximum absolute atomic E-state index is 11.8. The number of fused-ring (bicyclic) bond motifs is 2. The molecule has 1 aliphatic rings. The lowest BCUT2D eigenvalue weighted by Crippen LogP contribution is -2.16. The smallest absolute Gasteiger partial charge is 0.340 e. The van der Waals surface area contributed by atoms with Gasteiger partial charge in [0.05, 0.1) is 0 Å². The Balaban J connectivity index is 2.03. The molecular weight excluding hydrogens is 320 g/mol. The molecule has 0 bridgehead atoms. The largest absolute Gasteiger partial charge is 0.478 e. The maximum Gasteiger partial charge on any atom is 0.340 e. The zero-order chi connectivity index (χ0) is 16.7. The number of hydrogen-bond acceptors (Lipinski definition) is 2. The van der Waals surface area contributed by atoms with E-state index in [-0.39, 0.29) is 0 Å². The van der Waals surface area contributed by atoms with Crippen LogP contribution in [0.25, 0.3) is 0 Å². The summed E-state index contributed by atoms with van der Waals surface area (Å²) in [5, 5.41) is 9.66. The zero-order valence-corrected chi connectivity index (χ0v) is 13.8. The average Bonchev–Trinajstić information content (AvgIpc) is 2.59. The van der Waals surface area contributed by atoms with Crippen LogP contribution in [0.5, 0.6) is 11.5 Å². The van der Waals surface area contributed by atoms with E-state index in [4.69, 9.17) is 4.74 Å². The summed E-state index contributed by atoms with van der Waals surface area (Å²) < 4.78 is 6.02. The number of hydrogen-bond donors (Lipinski definition) is 1. The van der Waals surface area contributed by atoms with Gasteiger partial charge in [-0.3, -0.25) is 0 Å². The predicted octanol–water partition coefficient (Wildman–Crippen LogP) is 4.89. The molecule has 1 N–H and O–H groups in total. The van der Waals surface area contributed by atoms with Crippen molar-refractivity contribution in [3.8, 4) is 11.5 Å². The first-order valence-electron chi connectivity index (χ1n) is 7.59. The number of carboxylic acid groups (broad SMARTS) is 1. The van der Waals surface area contributed by atoms with Gasteiger partial charge in [0.15, 0.2) is 16.4 Å². The molecule has 24 heavy (non-hydrogen) atoms. The summed E-state index contributed by atoms with van der Waals surface area (Å²) in [6, 6.07) is 21.2. The molecule has 0 unspecified atom stereocenters. The standard InChI is InChI=1S/C20H14O3S/c1-13-10-11-14(20(21)22)19(12-13)24-17-8-4-2-6-15(17)23-16-7-3-5-9-18(16)24/h2-12H,1H3/p+1. The van der Waals surface area contributed by atoms with E-state index in [1.54, 1.807) is 6.07 Å². The molecule has 0 amide bonds. The lowest BCUT2D eigenvalue weighted by molar-refractivity contribution is 0.0693. The van der Waals surface area contributed by atoms with Crippen LogP contribution >= 0.6 is 0 Å². The van der Waals surface area contributed by atoms with Gasteiger partial charge in [-0.25, -0.2) is 4.79 Å². The van der Waals surface area contributed by atoms with Gasteiger partial charge in [-0.15, -0.1) is 0 Å². The highest BCUT2D eigenvalue weighted by Crippen LogP contribution is 2.47. The van der Waals surface area contributed by atoms with Crippen LogP contribution in [0.1, 0.15) is 15.9 Å². The highest BCUT2D eigenvalue weighted by molar-refractivity contribution is 7.97. The number of aromatic carboxylic acids is 1. The van der Waals surface area contributed by atoms with Crippen molar-refractivity contribution in [2.24, 2.45) is 0 Å². The van der Waals surface area contributed by atoms with Crippen LogP contribution < -0.4 is 4.74 Å². The third kappa shape index (κ3) is 2.36. The highest BCUT2D eigenvalue weighted by atomic mass is 32.2. The van der Waals surface area contributed by atoms with Gasteiger partial charge in [-0.1, -0.05) is 30.3 Å². The Morgan fingerprint density at radius 3 is 2.04 bits per heavy atom. The number of para-hydroxylation sites is 2. The number of benzene rings is 3. The number of ether oxygens (including phenoxy) is 1. The topological polar surface area (TPSA) is 46.5 Å². The van der Waals surface area contributed by atoms with E-state index in [9.17, 15) is 9.90 Å². The lowest BCUT2D eigenvalue weighted by Gasteiger charge is -2.20. The van der Waals surface area contributed by atoms with Crippen LogP contribution in [0.3, 0.4) is 0 Å². The van der Waals surface area contributed by atoms with Gasteiger partial charge in [-0.05, 0) is 48.9 Å². The quantitative estimate of drug-likeness (QED) is 0.530. The Bertz CT molecular complexity index is 904. The molecule has 1 aliphatic heterocycles. The average molecular weight is 335 g/mol. The van der Waals surface area contributed by atoms with Crippen molar-refractivity contribution in [1.29, 1.82) is 0 Å². The first kappa shape index (κ1) is 14.8. The SMILES string of the molecule is Cc1ccc(C(=O)O)c([S+]2c3ccccc3Oc3ccccc32)c1. The van der Waals surface area contributed by atoms with Crippen molar-refractivity contribution < 1.29 is 14.6 Å². The van der Waals surface area contributed by atoms with Crippen LogP contribution in [-0.4, -0.2) is 11.1 Å². The molecular formula is C20H15O3S+. The van der Waals surface area contributed by atoms with Crippen molar-refractivity contribution >= 4 is 16.9 Å². The molecule has 3 aromatic carbocycles. The van der Waals surface area contributed by atoms with Gasteiger partial charge >= 0.3 is 5.97 Å². The molecule has 3 aromatic rings. The fraction of sp³-hybridized carbons (Fsp3) is 0.0500.